The Kier molecular flexibility index (Phi) is 5.57. The number of nitrogens with zero attached hydrogens (tertiary/aromatic N) is 2. The van der Waals surface area contributed by atoms with Crippen LogP contribution in [0.3, 0.4) is 0 Å². The van der Waals surface area contributed by atoms with Crippen LogP contribution in [0.4, 0.5) is 20.5 Å². The summed E-state index contributed by atoms with van der Waals surface area (Å²) in [5, 5.41) is 2.56. The van der Waals surface area contributed by atoms with Crippen LogP contribution in [-0.4, -0.2) is 30.1 Å². The Labute approximate surface area is 192 Å². The number of nitrogens with one attached hydrogen (secondary N) is 1. The second-order valence-corrected chi connectivity index (χ2v) is 9.88. The maximum absolute atomic E-state index is 14.6. The Morgan fingerprint density at radius 3 is 2.36 bits per heavy atom. The number of carbonyl (C=O) groups is 1. The predicted octanol–water partition coefficient (Wildman–Crippen LogP) is 5.57. The monoisotopic (exact) mass is 459 g/mol. The molecule has 33 heavy (non-hydrogen) atoms. The largest absolute Gasteiger partial charge is 0.484 e. The minimum Gasteiger partial charge on any atom is -0.484 e. The van der Waals surface area contributed by atoms with Gasteiger partial charge in [-0.25, -0.2) is 8.78 Å². The van der Waals surface area contributed by atoms with Crippen LogP contribution in [-0.2, 0) is 6.42 Å². The normalized spacial score (nSPS) is 24.9. The molecule has 0 radical (unpaired) electrons. The average Bonchev–Trinajstić information content (AvgIpc) is 3.18. The van der Waals surface area contributed by atoms with E-state index in [-0.39, 0.29) is 28.6 Å². The van der Waals surface area contributed by atoms with Gasteiger partial charge < -0.3 is 19.4 Å². The van der Waals surface area contributed by atoms with Crippen molar-refractivity contribution in [2.24, 2.45) is 17.3 Å². The second-order valence-electron chi connectivity index (χ2n) is 9.88. The molecule has 6 nitrogen and oxygen atoms in total. The highest BCUT2D eigenvalue weighted by Gasteiger charge is 2.47. The number of aryl methyl sites for hydroxylation is 1. The van der Waals surface area contributed by atoms with Gasteiger partial charge in [0.25, 0.3) is 11.9 Å². The first-order valence-electron chi connectivity index (χ1n) is 12.1. The van der Waals surface area contributed by atoms with Gasteiger partial charge in [-0.15, -0.1) is 0 Å². The van der Waals surface area contributed by atoms with Gasteiger partial charge >= 0.3 is 0 Å². The van der Waals surface area contributed by atoms with Gasteiger partial charge in [0.2, 0.25) is 0 Å². The number of aromatic nitrogens is 1. The van der Waals surface area contributed by atoms with Crippen LogP contribution >= 0.6 is 0 Å². The molecule has 2 unspecified atom stereocenters. The van der Waals surface area contributed by atoms with Crippen molar-refractivity contribution in [1.29, 1.82) is 0 Å². The van der Waals surface area contributed by atoms with E-state index in [1.807, 2.05) is 11.8 Å². The number of halogens is 2. The number of rotatable bonds is 8. The topological polar surface area (TPSA) is 67.6 Å². The fourth-order valence-electron chi connectivity index (χ4n) is 5.34. The summed E-state index contributed by atoms with van der Waals surface area (Å²) in [5.41, 5.74) is 0.425. The summed E-state index contributed by atoms with van der Waals surface area (Å²) < 4.78 is 40.7. The molecule has 1 aromatic heterocycles. The first-order chi connectivity index (χ1) is 15.8. The first kappa shape index (κ1) is 22.2. The number of carbonyl (C=O) groups excluding carboxylic acids is 1. The zero-order valence-electron chi connectivity index (χ0n) is 19.4. The van der Waals surface area contributed by atoms with Crippen LogP contribution in [0.2, 0.25) is 0 Å². The smallest absolute Gasteiger partial charge is 0.298 e. The quantitative estimate of drug-likeness (QED) is 0.559. The molecule has 3 aliphatic rings. The van der Waals surface area contributed by atoms with Crippen molar-refractivity contribution in [2.45, 2.75) is 65.4 Å². The molecule has 2 atom stereocenters. The number of amides is 1. The third kappa shape index (κ3) is 4.08. The van der Waals surface area contributed by atoms with Gasteiger partial charge in [0.15, 0.2) is 23.1 Å². The molecule has 0 spiro atoms. The molecule has 1 N–H and O–H groups in total. The Hall–Kier alpha value is -2.64. The van der Waals surface area contributed by atoms with Gasteiger partial charge in [0.05, 0.1) is 6.10 Å². The van der Waals surface area contributed by atoms with Crippen molar-refractivity contribution in [1.82, 2.24) is 4.98 Å². The standard InChI is InChI=1S/C25H31F2N3O3/c1-4-20-21(29-24(33-20)30-12-25(5-2,6-3)13-30)23(31)28-16-10-18(26)22(19(27)11-16)32-17-8-14-7-15(14)9-17/h10-11,14-15,17H,4-9,12-13H2,1-3H3,(H,28,31). The van der Waals surface area contributed by atoms with Crippen molar-refractivity contribution in [3.63, 3.8) is 0 Å². The Morgan fingerprint density at radius 1 is 1.15 bits per heavy atom. The SMILES string of the molecule is CCc1oc(N2CC(CC)(CC)C2)nc1C(=O)Nc1cc(F)c(OC2CC3CC3C2)c(F)c1. The van der Waals surface area contributed by atoms with Gasteiger partial charge in [-0.3, -0.25) is 4.79 Å². The van der Waals surface area contributed by atoms with E-state index >= 15 is 0 Å². The van der Waals surface area contributed by atoms with E-state index in [4.69, 9.17) is 9.15 Å². The van der Waals surface area contributed by atoms with Crippen LogP contribution in [0.5, 0.6) is 5.75 Å². The summed E-state index contributed by atoms with van der Waals surface area (Å²) in [6, 6.07) is 2.60. The molecule has 0 bridgehead atoms. The van der Waals surface area contributed by atoms with E-state index < -0.39 is 17.5 Å². The summed E-state index contributed by atoms with van der Waals surface area (Å²) in [5.74, 6) is -0.813. The lowest BCUT2D eigenvalue weighted by Crippen LogP contribution is -2.56. The first-order valence-corrected chi connectivity index (χ1v) is 12.1. The molecule has 1 amide bonds. The van der Waals surface area contributed by atoms with Crippen molar-refractivity contribution in [3.8, 4) is 5.75 Å². The van der Waals surface area contributed by atoms with Gasteiger partial charge in [-0.1, -0.05) is 20.8 Å². The maximum atomic E-state index is 14.6. The van der Waals surface area contributed by atoms with Crippen molar-refractivity contribution >= 4 is 17.6 Å². The molecule has 1 aliphatic heterocycles. The van der Waals surface area contributed by atoms with Crippen LogP contribution in [0.15, 0.2) is 16.5 Å². The fraction of sp³-hybridized carbons (Fsp3) is 0.600. The van der Waals surface area contributed by atoms with E-state index in [2.05, 4.69) is 24.1 Å². The highest BCUT2D eigenvalue weighted by Crippen LogP contribution is 2.52. The third-order valence-corrected chi connectivity index (χ3v) is 7.79. The molecule has 8 heteroatoms. The number of hydrogen-bond acceptors (Lipinski definition) is 5. The van der Waals surface area contributed by atoms with E-state index in [1.165, 1.54) is 6.42 Å². The van der Waals surface area contributed by atoms with E-state index in [1.54, 1.807) is 0 Å². The Morgan fingerprint density at radius 2 is 1.79 bits per heavy atom. The van der Waals surface area contributed by atoms with Crippen molar-refractivity contribution in [3.05, 3.63) is 35.2 Å². The van der Waals surface area contributed by atoms with Crippen LogP contribution < -0.4 is 15.0 Å². The fourth-order valence-corrected chi connectivity index (χ4v) is 5.34. The minimum absolute atomic E-state index is 0.0168. The minimum atomic E-state index is -0.821. The molecule has 3 fully saturated rings. The van der Waals surface area contributed by atoms with Gasteiger partial charge in [0.1, 0.15) is 5.76 Å². The number of ether oxygens (including phenoxy) is 1. The molecule has 2 heterocycles. The van der Waals surface area contributed by atoms with E-state index in [0.29, 0.717) is 30.0 Å². The van der Waals surface area contributed by atoms with E-state index in [0.717, 1.165) is 50.9 Å². The predicted molar refractivity (Wildman–Crippen MR) is 121 cm³/mol. The average molecular weight is 460 g/mol. The summed E-state index contributed by atoms with van der Waals surface area (Å²) >= 11 is 0. The second kappa shape index (κ2) is 8.29. The molecule has 2 aromatic rings. The summed E-state index contributed by atoms with van der Waals surface area (Å²) in [6.07, 6.45) is 5.40. The van der Waals surface area contributed by atoms with Gasteiger partial charge in [-0.05, 0) is 43.9 Å². The highest BCUT2D eigenvalue weighted by atomic mass is 19.1. The molecular formula is C25H31F2N3O3. The molecular weight excluding hydrogens is 428 g/mol. The van der Waals surface area contributed by atoms with E-state index in [9.17, 15) is 13.6 Å². The number of anilines is 2. The zero-order chi connectivity index (χ0) is 23.3. The Balaban J connectivity index is 1.28. The van der Waals surface area contributed by atoms with Crippen LogP contribution in [0.1, 0.15) is 69.1 Å². The third-order valence-electron chi connectivity index (χ3n) is 7.79. The molecule has 178 valence electrons. The van der Waals surface area contributed by atoms with Crippen LogP contribution in [0, 0.1) is 28.9 Å². The Bertz CT molecular complexity index is 1020. The lowest BCUT2D eigenvalue weighted by Gasteiger charge is -2.48. The molecule has 2 aliphatic carbocycles. The lowest BCUT2D eigenvalue weighted by atomic mass is 9.75. The molecule has 1 aromatic carbocycles. The molecule has 2 saturated carbocycles. The number of benzene rings is 1. The number of oxazole rings is 1. The summed E-state index contributed by atoms with van der Waals surface area (Å²) in [4.78, 5) is 19.3. The maximum Gasteiger partial charge on any atom is 0.298 e. The summed E-state index contributed by atoms with van der Waals surface area (Å²) in [6.45, 7) is 7.91. The molecule has 1 saturated heterocycles. The van der Waals surface area contributed by atoms with Gasteiger partial charge in [-0.2, -0.15) is 4.98 Å². The van der Waals surface area contributed by atoms with Crippen molar-refractivity contribution < 1.29 is 22.7 Å². The molecule has 5 rings (SSSR count). The highest BCUT2D eigenvalue weighted by molar-refractivity contribution is 6.03. The van der Waals surface area contributed by atoms with Crippen LogP contribution in [0.25, 0.3) is 0 Å². The zero-order valence-corrected chi connectivity index (χ0v) is 19.4. The van der Waals surface area contributed by atoms with Gasteiger partial charge in [0, 0.05) is 42.7 Å². The number of hydrogen-bond donors (Lipinski definition) is 1. The summed E-state index contributed by atoms with van der Waals surface area (Å²) in [7, 11) is 0. The number of fused-ring (bicyclic) bond motifs is 1. The lowest BCUT2D eigenvalue weighted by molar-refractivity contribution is 0.102. The van der Waals surface area contributed by atoms with Crippen molar-refractivity contribution in [2.75, 3.05) is 23.3 Å².